The molecule has 4 heteroatoms. The van der Waals surface area contributed by atoms with Crippen molar-refractivity contribution in [3.05, 3.63) is 0 Å². The molecule has 0 aliphatic rings. The summed E-state index contributed by atoms with van der Waals surface area (Å²) in [5.74, 6) is -0.00210. The highest BCUT2D eigenvalue weighted by molar-refractivity contribution is 5.93. The number of rotatable bonds is 8. The quantitative estimate of drug-likeness (QED) is 0.690. The van der Waals surface area contributed by atoms with E-state index in [0.717, 1.165) is 0 Å². The van der Waals surface area contributed by atoms with Gasteiger partial charge in [-0.15, -0.1) is 0 Å². The van der Waals surface area contributed by atoms with E-state index in [1.54, 1.807) is 0 Å². The van der Waals surface area contributed by atoms with E-state index < -0.39 is 10.8 Å². The third kappa shape index (κ3) is 4.60. The van der Waals surface area contributed by atoms with Crippen LogP contribution in [0.2, 0.25) is 0 Å². The lowest BCUT2D eigenvalue weighted by molar-refractivity contribution is -0.145. The Morgan fingerprint density at radius 1 is 1.11 bits per heavy atom. The number of Topliss-reactive ketones (excluding diaryl/α,β-unsaturated/α-hetero) is 1. The molecule has 0 aromatic heterocycles. The molecule has 0 heterocycles. The summed E-state index contributed by atoms with van der Waals surface area (Å²) < 4.78 is 5.38. The number of ether oxygens (including phenoxy) is 1. The van der Waals surface area contributed by atoms with Crippen LogP contribution in [0.15, 0.2) is 0 Å². The van der Waals surface area contributed by atoms with Crippen LogP contribution in [0.4, 0.5) is 0 Å². The molecule has 112 valence electrons. The van der Waals surface area contributed by atoms with Gasteiger partial charge in [0.15, 0.2) is 0 Å². The Hall–Kier alpha value is -0.900. The third-order valence-electron chi connectivity index (χ3n) is 3.99. The fraction of sp³-hybridized carbons (Fsp3) is 0.867. The van der Waals surface area contributed by atoms with Crippen LogP contribution in [0.5, 0.6) is 0 Å². The van der Waals surface area contributed by atoms with Crippen molar-refractivity contribution in [2.24, 2.45) is 10.8 Å². The summed E-state index contributed by atoms with van der Waals surface area (Å²) in [7, 11) is 0. The monoisotopic (exact) mass is 271 g/mol. The summed E-state index contributed by atoms with van der Waals surface area (Å²) >= 11 is 0. The predicted octanol–water partition coefficient (Wildman–Crippen LogP) is 2.56. The Kier molecular flexibility index (Phi) is 6.70. The van der Waals surface area contributed by atoms with Crippen molar-refractivity contribution in [3.63, 3.8) is 0 Å². The van der Waals surface area contributed by atoms with Gasteiger partial charge >= 0.3 is 0 Å². The lowest BCUT2D eigenvalue weighted by Crippen LogP contribution is -2.50. The van der Waals surface area contributed by atoms with Crippen molar-refractivity contribution in [1.29, 1.82) is 0 Å². The van der Waals surface area contributed by atoms with Gasteiger partial charge in [-0.1, -0.05) is 34.6 Å². The van der Waals surface area contributed by atoms with E-state index in [9.17, 15) is 9.59 Å². The largest absolute Gasteiger partial charge is 0.377 e. The number of amides is 1. The van der Waals surface area contributed by atoms with E-state index in [4.69, 9.17) is 4.74 Å². The number of carbonyl (C=O) groups excluding carboxylic acids is 2. The number of ketones is 1. The first kappa shape index (κ1) is 18.1. The SMILES string of the molecule is CCC(=O)C(C)(C)C(C)(C)C(=O)NCCOC(C)C. The van der Waals surface area contributed by atoms with Crippen molar-refractivity contribution in [1.82, 2.24) is 5.32 Å². The van der Waals surface area contributed by atoms with Crippen LogP contribution in [0.3, 0.4) is 0 Å². The number of hydrogen-bond donors (Lipinski definition) is 1. The van der Waals surface area contributed by atoms with Crippen LogP contribution < -0.4 is 5.32 Å². The van der Waals surface area contributed by atoms with E-state index in [2.05, 4.69) is 5.32 Å². The second-order valence-electron chi connectivity index (χ2n) is 6.20. The minimum atomic E-state index is -0.738. The molecule has 0 radical (unpaired) electrons. The van der Waals surface area contributed by atoms with Crippen LogP contribution in [-0.2, 0) is 14.3 Å². The summed E-state index contributed by atoms with van der Waals surface area (Å²) in [6, 6.07) is 0. The number of hydrogen-bond acceptors (Lipinski definition) is 3. The van der Waals surface area contributed by atoms with E-state index in [1.165, 1.54) is 0 Å². The second kappa shape index (κ2) is 7.04. The maximum Gasteiger partial charge on any atom is 0.226 e. The average molecular weight is 271 g/mol. The molecule has 0 spiro atoms. The Labute approximate surface area is 117 Å². The van der Waals surface area contributed by atoms with Crippen molar-refractivity contribution < 1.29 is 14.3 Å². The highest BCUT2D eigenvalue weighted by Gasteiger charge is 2.46. The molecule has 0 aliphatic carbocycles. The normalized spacial score (nSPS) is 12.6. The molecule has 0 bridgehead atoms. The van der Waals surface area contributed by atoms with Gasteiger partial charge < -0.3 is 10.1 Å². The van der Waals surface area contributed by atoms with Crippen molar-refractivity contribution >= 4 is 11.7 Å². The van der Waals surface area contributed by atoms with E-state index in [1.807, 2.05) is 48.5 Å². The highest BCUT2D eigenvalue weighted by Crippen LogP contribution is 2.40. The van der Waals surface area contributed by atoms with Gasteiger partial charge in [0, 0.05) is 18.4 Å². The summed E-state index contributed by atoms with van der Waals surface area (Å²) in [5, 5.41) is 2.85. The Balaban J connectivity index is 4.55. The summed E-state index contributed by atoms with van der Waals surface area (Å²) in [6.07, 6.45) is 0.600. The number of carbonyl (C=O) groups is 2. The number of nitrogens with one attached hydrogen (secondary N) is 1. The molecule has 0 aliphatic heterocycles. The molecular weight excluding hydrogens is 242 g/mol. The van der Waals surface area contributed by atoms with Gasteiger partial charge in [-0.25, -0.2) is 0 Å². The molecule has 1 N–H and O–H groups in total. The summed E-state index contributed by atoms with van der Waals surface area (Å²) in [4.78, 5) is 24.3. The lowest BCUT2D eigenvalue weighted by Gasteiger charge is -2.38. The van der Waals surface area contributed by atoms with Gasteiger partial charge in [0.1, 0.15) is 5.78 Å². The highest BCUT2D eigenvalue weighted by atomic mass is 16.5. The van der Waals surface area contributed by atoms with Gasteiger partial charge in [-0.2, -0.15) is 0 Å². The Bertz CT molecular complexity index is 319. The molecular formula is C15H29NO3. The molecule has 0 aromatic rings. The molecule has 0 unspecified atom stereocenters. The smallest absolute Gasteiger partial charge is 0.226 e. The van der Waals surface area contributed by atoms with E-state index in [0.29, 0.717) is 19.6 Å². The van der Waals surface area contributed by atoms with Crippen LogP contribution in [0.25, 0.3) is 0 Å². The maximum atomic E-state index is 12.3. The molecule has 0 aromatic carbocycles. The first-order chi connectivity index (χ1) is 8.57. The minimum Gasteiger partial charge on any atom is -0.377 e. The fourth-order valence-electron chi connectivity index (χ4n) is 1.75. The zero-order valence-electron chi connectivity index (χ0n) is 13.4. The first-order valence-electron chi connectivity index (χ1n) is 7.00. The molecule has 19 heavy (non-hydrogen) atoms. The fourth-order valence-corrected chi connectivity index (χ4v) is 1.75. The maximum absolute atomic E-state index is 12.3. The third-order valence-corrected chi connectivity index (χ3v) is 3.99. The predicted molar refractivity (Wildman–Crippen MR) is 77.0 cm³/mol. The van der Waals surface area contributed by atoms with Gasteiger partial charge in [0.05, 0.1) is 18.1 Å². The van der Waals surface area contributed by atoms with Crippen LogP contribution in [-0.4, -0.2) is 30.9 Å². The Morgan fingerprint density at radius 2 is 1.63 bits per heavy atom. The standard InChI is InChI=1S/C15H29NO3/c1-8-12(17)14(4,5)15(6,7)13(18)16-9-10-19-11(2)3/h11H,8-10H2,1-7H3,(H,16,18). The van der Waals surface area contributed by atoms with Crippen molar-refractivity contribution in [2.75, 3.05) is 13.2 Å². The van der Waals surface area contributed by atoms with Gasteiger partial charge in [-0.3, -0.25) is 9.59 Å². The van der Waals surface area contributed by atoms with Crippen LogP contribution >= 0.6 is 0 Å². The molecule has 4 nitrogen and oxygen atoms in total. The van der Waals surface area contributed by atoms with Gasteiger partial charge in [0.25, 0.3) is 0 Å². The topological polar surface area (TPSA) is 55.4 Å². The van der Waals surface area contributed by atoms with Crippen molar-refractivity contribution in [2.45, 2.75) is 61.0 Å². The zero-order valence-corrected chi connectivity index (χ0v) is 13.4. The molecule has 0 saturated carbocycles. The summed E-state index contributed by atoms with van der Waals surface area (Å²) in [5.41, 5.74) is -1.41. The van der Waals surface area contributed by atoms with E-state index >= 15 is 0 Å². The second-order valence-corrected chi connectivity index (χ2v) is 6.20. The first-order valence-corrected chi connectivity index (χ1v) is 7.00. The lowest BCUT2D eigenvalue weighted by atomic mass is 9.64. The zero-order chi connectivity index (χ0) is 15.3. The minimum absolute atomic E-state index is 0.103. The van der Waals surface area contributed by atoms with E-state index in [-0.39, 0.29) is 17.8 Å². The summed E-state index contributed by atoms with van der Waals surface area (Å²) in [6.45, 7) is 14.0. The molecule has 0 saturated heterocycles. The van der Waals surface area contributed by atoms with Crippen LogP contribution in [0, 0.1) is 10.8 Å². The molecule has 1 amide bonds. The van der Waals surface area contributed by atoms with Gasteiger partial charge in [-0.05, 0) is 13.8 Å². The van der Waals surface area contributed by atoms with Gasteiger partial charge in [0.2, 0.25) is 5.91 Å². The van der Waals surface area contributed by atoms with Crippen molar-refractivity contribution in [3.8, 4) is 0 Å². The molecule has 0 fully saturated rings. The molecule has 0 rings (SSSR count). The average Bonchev–Trinajstić information content (AvgIpc) is 2.32. The molecule has 0 atom stereocenters. The Morgan fingerprint density at radius 3 is 2.05 bits per heavy atom. The van der Waals surface area contributed by atoms with Crippen LogP contribution in [0.1, 0.15) is 54.9 Å².